The zero-order chi connectivity index (χ0) is 17.5. The van der Waals surface area contributed by atoms with Crippen LogP contribution in [0.15, 0.2) is 39.5 Å². The molecule has 0 radical (unpaired) electrons. The Morgan fingerprint density at radius 3 is 2.85 bits per heavy atom. The van der Waals surface area contributed by atoms with Gasteiger partial charge in [-0.2, -0.15) is 10.1 Å². The minimum atomic E-state index is 0.0482. The van der Waals surface area contributed by atoms with E-state index in [0.29, 0.717) is 18.5 Å². The van der Waals surface area contributed by atoms with Crippen LogP contribution in [0.25, 0.3) is 11.1 Å². The van der Waals surface area contributed by atoms with Gasteiger partial charge in [0.1, 0.15) is 5.52 Å². The number of aryl methyl sites for hydroxylation is 2. The Morgan fingerprint density at radius 1 is 1.15 bits per heavy atom. The van der Waals surface area contributed by atoms with Crippen molar-refractivity contribution < 1.29 is 4.42 Å². The summed E-state index contributed by atoms with van der Waals surface area (Å²) in [6, 6.07) is 10.4. The van der Waals surface area contributed by atoms with Crippen LogP contribution in [0.3, 0.4) is 0 Å². The number of hydrogen-bond donors (Lipinski definition) is 0. The minimum absolute atomic E-state index is 0.0482. The minimum Gasteiger partial charge on any atom is -0.423 e. The van der Waals surface area contributed by atoms with Gasteiger partial charge in [0.05, 0.1) is 5.69 Å². The molecule has 1 aromatic carbocycles. The highest BCUT2D eigenvalue weighted by Crippen LogP contribution is 2.27. The summed E-state index contributed by atoms with van der Waals surface area (Å²) < 4.78 is 7.56. The van der Waals surface area contributed by atoms with Gasteiger partial charge >= 0.3 is 0 Å². The van der Waals surface area contributed by atoms with E-state index in [1.807, 2.05) is 24.3 Å². The van der Waals surface area contributed by atoms with Crippen molar-refractivity contribution in [2.45, 2.75) is 38.6 Å². The predicted octanol–water partition coefficient (Wildman–Crippen LogP) is 2.79. The Hall–Kier alpha value is -2.63. The van der Waals surface area contributed by atoms with Crippen LogP contribution in [-0.2, 0) is 19.4 Å². The molecule has 134 valence electrons. The summed E-state index contributed by atoms with van der Waals surface area (Å²) >= 11 is 0. The molecule has 0 spiro atoms. The van der Waals surface area contributed by atoms with Crippen LogP contribution in [0.4, 0.5) is 6.01 Å². The van der Waals surface area contributed by atoms with Crippen LogP contribution in [0, 0.1) is 5.92 Å². The summed E-state index contributed by atoms with van der Waals surface area (Å²) in [6.45, 7) is 2.52. The Morgan fingerprint density at radius 2 is 2.00 bits per heavy atom. The molecule has 0 unspecified atom stereocenters. The molecule has 0 amide bonds. The fraction of sp³-hybridized carbons (Fsp3) is 0.450. The van der Waals surface area contributed by atoms with E-state index in [9.17, 15) is 4.79 Å². The SMILES string of the molecule is O=c1cc2c(nn1CC1CCN(c3nc4ccccc4o3)CC1)CCC2. The number of aromatic nitrogens is 3. The van der Waals surface area contributed by atoms with Gasteiger partial charge < -0.3 is 9.32 Å². The smallest absolute Gasteiger partial charge is 0.298 e. The van der Waals surface area contributed by atoms with E-state index in [1.165, 1.54) is 0 Å². The third-order valence-electron chi connectivity index (χ3n) is 5.62. The first-order chi connectivity index (χ1) is 12.8. The highest BCUT2D eigenvalue weighted by molar-refractivity contribution is 5.74. The highest BCUT2D eigenvalue weighted by atomic mass is 16.4. The van der Waals surface area contributed by atoms with Crippen LogP contribution in [0.5, 0.6) is 0 Å². The average Bonchev–Trinajstić information content (AvgIpc) is 3.29. The number of piperidine rings is 1. The molecule has 1 saturated heterocycles. The van der Waals surface area contributed by atoms with E-state index in [4.69, 9.17) is 4.42 Å². The van der Waals surface area contributed by atoms with E-state index in [0.717, 1.165) is 67.6 Å². The molecule has 2 aliphatic rings. The van der Waals surface area contributed by atoms with E-state index in [1.54, 1.807) is 10.7 Å². The van der Waals surface area contributed by atoms with Gasteiger partial charge in [0.15, 0.2) is 5.58 Å². The normalized spacial score (nSPS) is 17.8. The molecule has 6 heteroatoms. The summed E-state index contributed by atoms with van der Waals surface area (Å²) in [5.41, 5.74) is 4.05. The molecule has 3 heterocycles. The zero-order valence-electron chi connectivity index (χ0n) is 14.7. The van der Waals surface area contributed by atoms with Gasteiger partial charge in [-0.05, 0) is 55.7 Å². The number of anilines is 1. The van der Waals surface area contributed by atoms with Crippen molar-refractivity contribution in [3.05, 3.63) is 51.9 Å². The van der Waals surface area contributed by atoms with Crippen molar-refractivity contribution >= 4 is 17.1 Å². The summed E-state index contributed by atoms with van der Waals surface area (Å²) in [7, 11) is 0. The zero-order valence-corrected chi connectivity index (χ0v) is 14.7. The topological polar surface area (TPSA) is 64.2 Å². The van der Waals surface area contributed by atoms with Crippen LogP contribution < -0.4 is 10.5 Å². The summed E-state index contributed by atoms with van der Waals surface area (Å²) in [5.74, 6) is 0.472. The molecular weight excluding hydrogens is 328 g/mol. The molecule has 1 aliphatic heterocycles. The molecule has 1 fully saturated rings. The molecule has 5 rings (SSSR count). The Labute approximate surface area is 151 Å². The maximum atomic E-state index is 12.3. The Kier molecular flexibility index (Phi) is 3.76. The second-order valence-electron chi connectivity index (χ2n) is 7.38. The predicted molar refractivity (Wildman–Crippen MR) is 99.5 cm³/mol. The average molecular weight is 350 g/mol. The molecule has 3 aromatic rings. The largest absolute Gasteiger partial charge is 0.423 e. The van der Waals surface area contributed by atoms with Crippen LogP contribution in [0.1, 0.15) is 30.5 Å². The number of nitrogens with zero attached hydrogens (tertiary/aromatic N) is 4. The van der Waals surface area contributed by atoms with Gasteiger partial charge in [-0.1, -0.05) is 12.1 Å². The van der Waals surface area contributed by atoms with Gasteiger partial charge in [-0.15, -0.1) is 0 Å². The lowest BCUT2D eigenvalue weighted by molar-refractivity contribution is 0.327. The number of para-hydroxylation sites is 2. The number of fused-ring (bicyclic) bond motifs is 2. The van der Waals surface area contributed by atoms with Gasteiger partial charge in [-0.25, -0.2) is 4.68 Å². The van der Waals surface area contributed by atoms with Gasteiger partial charge in [-0.3, -0.25) is 4.79 Å². The van der Waals surface area contributed by atoms with Gasteiger partial charge in [0.25, 0.3) is 11.6 Å². The third-order valence-corrected chi connectivity index (χ3v) is 5.62. The summed E-state index contributed by atoms with van der Waals surface area (Å²) in [4.78, 5) is 19.1. The van der Waals surface area contributed by atoms with Crippen molar-refractivity contribution in [1.82, 2.24) is 14.8 Å². The van der Waals surface area contributed by atoms with Crippen molar-refractivity contribution in [3.63, 3.8) is 0 Å². The molecular formula is C20H22N4O2. The van der Waals surface area contributed by atoms with Crippen molar-refractivity contribution in [1.29, 1.82) is 0 Å². The van der Waals surface area contributed by atoms with Crippen LogP contribution in [0.2, 0.25) is 0 Å². The fourth-order valence-corrected chi connectivity index (χ4v) is 4.12. The van der Waals surface area contributed by atoms with Crippen LogP contribution >= 0.6 is 0 Å². The maximum Gasteiger partial charge on any atom is 0.298 e. The monoisotopic (exact) mass is 350 g/mol. The third kappa shape index (κ3) is 2.79. The first kappa shape index (κ1) is 15.6. The second kappa shape index (κ2) is 6.27. The van der Waals surface area contributed by atoms with E-state index in [-0.39, 0.29) is 5.56 Å². The first-order valence-electron chi connectivity index (χ1n) is 9.47. The van der Waals surface area contributed by atoms with Crippen LogP contribution in [-0.4, -0.2) is 27.9 Å². The van der Waals surface area contributed by atoms with Crippen molar-refractivity contribution in [2.24, 2.45) is 5.92 Å². The van der Waals surface area contributed by atoms with E-state index in [2.05, 4.69) is 15.0 Å². The molecule has 0 bridgehead atoms. The molecule has 6 nitrogen and oxygen atoms in total. The Balaban J connectivity index is 1.27. The molecule has 2 aromatic heterocycles. The van der Waals surface area contributed by atoms with Gasteiger partial charge in [0, 0.05) is 25.7 Å². The van der Waals surface area contributed by atoms with Crippen molar-refractivity contribution in [2.75, 3.05) is 18.0 Å². The molecule has 26 heavy (non-hydrogen) atoms. The number of benzene rings is 1. The van der Waals surface area contributed by atoms with Crippen molar-refractivity contribution in [3.8, 4) is 0 Å². The maximum absolute atomic E-state index is 12.3. The quantitative estimate of drug-likeness (QED) is 0.727. The first-order valence-corrected chi connectivity index (χ1v) is 9.47. The molecule has 1 aliphatic carbocycles. The molecule has 0 N–H and O–H groups in total. The number of rotatable bonds is 3. The van der Waals surface area contributed by atoms with E-state index < -0.39 is 0 Å². The molecule has 0 saturated carbocycles. The lowest BCUT2D eigenvalue weighted by Gasteiger charge is -2.30. The van der Waals surface area contributed by atoms with E-state index >= 15 is 0 Å². The molecule has 0 atom stereocenters. The second-order valence-corrected chi connectivity index (χ2v) is 7.38. The van der Waals surface area contributed by atoms with Gasteiger partial charge in [0.2, 0.25) is 0 Å². The lowest BCUT2D eigenvalue weighted by Crippen LogP contribution is -2.37. The fourth-order valence-electron chi connectivity index (χ4n) is 4.12. The highest BCUT2D eigenvalue weighted by Gasteiger charge is 2.24. The summed E-state index contributed by atoms with van der Waals surface area (Å²) in [6.07, 6.45) is 5.16. The Bertz CT molecular complexity index is 965. The number of hydrogen-bond acceptors (Lipinski definition) is 5. The standard InChI is InChI=1S/C20H22N4O2/c25-19-12-15-4-3-6-16(15)22-24(19)13-14-8-10-23(11-9-14)20-21-17-5-1-2-7-18(17)26-20/h1-2,5,7,12,14H,3-4,6,8-11,13H2. The summed E-state index contributed by atoms with van der Waals surface area (Å²) in [5, 5.41) is 4.61. The lowest BCUT2D eigenvalue weighted by atomic mass is 9.97. The number of oxazole rings is 1.